The second kappa shape index (κ2) is 7.83. The summed E-state index contributed by atoms with van der Waals surface area (Å²) in [4.78, 5) is 4.36. The molecule has 0 bridgehead atoms. The van der Waals surface area contributed by atoms with Crippen molar-refractivity contribution in [2.75, 3.05) is 6.54 Å². The molecule has 1 atom stereocenters. The zero-order valence-electron chi connectivity index (χ0n) is 9.83. The molecule has 86 valence electrons. The van der Waals surface area contributed by atoms with E-state index in [9.17, 15) is 0 Å². The number of unbranched alkanes of at least 4 members (excludes halogenated alkanes) is 3. The summed E-state index contributed by atoms with van der Waals surface area (Å²) in [6.07, 6.45) is 8.32. The van der Waals surface area contributed by atoms with Gasteiger partial charge in [-0.2, -0.15) is 0 Å². The first-order valence-electron chi connectivity index (χ1n) is 6.01. The minimum Gasteiger partial charge on any atom is -0.308 e. The first-order chi connectivity index (χ1) is 7.38. The van der Waals surface area contributed by atoms with E-state index in [0.29, 0.717) is 6.04 Å². The second-order valence-electron chi connectivity index (χ2n) is 3.85. The highest BCUT2D eigenvalue weighted by Gasteiger charge is 2.09. The van der Waals surface area contributed by atoms with E-state index >= 15 is 0 Å². The Labute approximate surface area is 97.1 Å². The molecular weight excluding hydrogens is 204 g/mol. The van der Waals surface area contributed by atoms with Gasteiger partial charge in [0, 0.05) is 11.6 Å². The third-order valence-corrected chi connectivity index (χ3v) is 3.47. The van der Waals surface area contributed by atoms with Crippen molar-refractivity contribution in [3.05, 3.63) is 16.6 Å². The molecule has 0 radical (unpaired) electrons. The Balaban J connectivity index is 2.18. The Hall–Kier alpha value is -0.410. The van der Waals surface area contributed by atoms with Gasteiger partial charge in [-0.25, -0.2) is 4.98 Å². The largest absolute Gasteiger partial charge is 0.308 e. The number of aromatic nitrogens is 1. The minimum absolute atomic E-state index is 0.464. The molecule has 1 unspecified atom stereocenters. The van der Waals surface area contributed by atoms with Gasteiger partial charge in [0.05, 0.1) is 6.04 Å². The highest BCUT2D eigenvalue weighted by Crippen LogP contribution is 2.18. The van der Waals surface area contributed by atoms with Crippen molar-refractivity contribution >= 4 is 11.3 Å². The number of nitrogens with one attached hydrogen (secondary N) is 1. The number of rotatable bonds is 8. The molecule has 15 heavy (non-hydrogen) atoms. The lowest BCUT2D eigenvalue weighted by Gasteiger charge is -2.13. The smallest absolute Gasteiger partial charge is 0.109 e. The van der Waals surface area contributed by atoms with E-state index in [4.69, 9.17) is 0 Å². The average molecular weight is 226 g/mol. The van der Waals surface area contributed by atoms with Gasteiger partial charge in [-0.1, -0.05) is 33.1 Å². The van der Waals surface area contributed by atoms with Gasteiger partial charge in [-0.3, -0.25) is 0 Å². The summed E-state index contributed by atoms with van der Waals surface area (Å²) in [6.45, 7) is 5.58. The van der Waals surface area contributed by atoms with Crippen LogP contribution in [0.25, 0.3) is 0 Å². The predicted octanol–water partition coefficient (Wildman–Crippen LogP) is 3.76. The van der Waals surface area contributed by atoms with E-state index in [1.165, 1.54) is 30.7 Å². The summed E-state index contributed by atoms with van der Waals surface area (Å²) >= 11 is 1.75. The van der Waals surface area contributed by atoms with Gasteiger partial charge in [-0.05, 0) is 19.4 Å². The molecule has 0 aliphatic carbocycles. The van der Waals surface area contributed by atoms with Crippen LogP contribution < -0.4 is 5.32 Å². The third-order valence-electron chi connectivity index (χ3n) is 2.58. The summed E-state index contributed by atoms with van der Waals surface area (Å²) in [5, 5.41) is 6.86. The van der Waals surface area contributed by atoms with Crippen LogP contribution >= 0.6 is 11.3 Å². The minimum atomic E-state index is 0.464. The Bertz CT molecular complexity index is 234. The molecule has 1 aromatic rings. The number of hydrogen-bond donors (Lipinski definition) is 1. The highest BCUT2D eigenvalue weighted by atomic mass is 32.1. The Morgan fingerprint density at radius 3 is 2.80 bits per heavy atom. The first-order valence-corrected chi connectivity index (χ1v) is 6.89. The Morgan fingerprint density at radius 2 is 2.20 bits per heavy atom. The molecule has 0 aromatic carbocycles. The van der Waals surface area contributed by atoms with Gasteiger partial charge in [0.2, 0.25) is 0 Å². The second-order valence-corrected chi connectivity index (χ2v) is 4.77. The number of thiazole rings is 1. The maximum atomic E-state index is 4.36. The van der Waals surface area contributed by atoms with Gasteiger partial charge in [-0.15, -0.1) is 11.3 Å². The van der Waals surface area contributed by atoms with Gasteiger partial charge < -0.3 is 5.32 Å². The molecule has 3 heteroatoms. The average Bonchev–Trinajstić information content (AvgIpc) is 2.77. The van der Waals surface area contributed by atoms with E-state index in [2.05, 4.69) is 29.5 Å². The third kappa shape index (κ3) is 4.76. The first kappa shape index (κ1) is 12.7. The molecule has 1 aromatic heterocycles. The zero-order chi connectivity index (χ0) is 10.9. The SMILES string of the molecule is CCCCCCNC(CC)c1nccs1. The molecule has 1 rings (SSSR count). The van der Waals surface area contributed by atoms with E-state index < -0.39 is 0 Å². The molecule has 1 N–H and O–H groups in total. The van der Waals surface area contributed by atoms with Crippen molar-refractivity contribution in [2.45, 2.75) is 52.0 Å². The fourth-order valence-electron chi connectivity index (χ4n) is 1.64. The van der Waals surface area contributed by atoms with Crippen LogP contribution in [0.2, 0.25) is 0 Å². The molecule has 1 heterocycles. The van der Waals surface area contributed by atoms with Crippen LogP contribution in [0.15, 0.2) is 11.6 Å². The van der Waals surface area contributed by atoms with Crippen molar-refractivity contribution in [3.8, 4) is 0 Å². The van der Waals surface area contributed by atoms with Crippen LogP contribution in [-0.2, 0) is 0 Å². The van der Waals surface area contributed by atoms with Crippen molar-refractivity contribution in [2.24, 2.45) is 0 Å². The lowest BCUT2D eigenvalue weighted by molar-refractivity contribution is 0.496. The molecule has 0 aliphatic rings. The number of nitrogens with zero attached hydrogens (tertiary/aromatic N) is 1. The molecule has 0 saturated carbocycles. The molecule has 2 nitrogen and oxygen atoms in total. The molecule has 0 spiro atoms. The van der Waals surface area contributed by atoms with Crippen LogP contribution in [0, 0.1) is 0 Å². The molecule has 0 fully saturated rings. The molecule has 0 saturated heterocycles. The summed E-state index contributed by atoms with van der Waals surface area (Å²) in [6, 6.07) is 0.464. The fourth-order valence-corrected chi connectivity index (χ4v) is 2.44. The topological polar surface area (TPSA) is 24.9 Å². The molecular formula is C12H22N2S. The summed E-state index contributed by atoms with van der Waals surface area (Å²) in [5.41, 5.74) is 0. The summed E-state index contributed by atoms with van der Waals surface area (Å²) in [5.74, 6) is 0. The Kier molecular flexibility index (Phi) is 6.60. The van der Waals surface area contributed by atoms with Crippen LogP contribution in [0.3, 0.4) is 0 Å². The predicted molar refractivity (Wildman–Crippen MR) is 67.3 cm³/mol. The van der Waals surface area contributed by atoms with Crippen LogP contribution in [0.4, 0.5) is 0 Å². The van der Waals surface area contributed by atoms with Crippen molar-refractivity contribution in [1.29, 1.82) is 0 Å². The van der Waals surface area contributed by atoms with Crippen LogP contribution in [0.1, 0.15) is 57.0 Å². The van der Waals surface area contributed by atoms with E-state index in [0.717, 1.165) is 13.0 Å². The van der Waals surface area contributed by atoms with Crippen LogP contribution in [-0.4, -0.2) is 11.5 Å². The van der Waals surface area contributed by atoms with Crippen molar-refractivity contribution in [3.63, 3.8) is 0 Å². The van der Waals surface area contributed by atoms with Crippen molar-refractivity contribution in [1.82, 2.24) is 10.3 Å². The van der Waals surface area contributed by atoms with Gasteiger partial charge in [0.25, 0.3) is 0 Å². The van der Waals surface area contributed by atoms with Crippen LogP contribution in [0.5, 0.6) is 0 Å². The van der Waals surface area contributed by atoms with Gasteiger partial charge >= 0.3 is 0 Å². The highest BCUT2D eigenvalue weighted by molar-refractivity contribution is 7.09. The summed E-state index contributed by atoms with van der Waals surface area (Å²) in [7, 11) is 0. The number of hydrogen-bond acceptors (Lipinski definition) is 3. The van der Waals surface area contributed by atoms with Gasteiger partial charge in [0.15, 0.2) is 0 Å². The summed E-state index contributed by atoms with van der Waals surface area (Å²) < 4.78 is 0. The Morgan fingerprint density at radius 1 is 1.33 bits per heavy atom. The normalized spacial score (nSPS) is 12.9. The zero-order valence-corrected chi connectivity index (χ0v) is 10.6. The van der Waals surface area contributed by atoms with Crippen molar-refractivity contribution < 1.29 is 0 Å². The van der Waals surface area contributed by atoms with E-state index in [1.54, 1.807) is 11.3 Å². The quantitative estimate of drug-likeness (QED) is 0.683. The van der Waals surface area contributed by atoms with E-state index in [1.807, 2.05) is 6.20 Å². The monoisotopic (exact) mass is 226 g/mol. The lowest BCUT2D eigenvalue weighted by Crippen LogP contribution is -2.21. The molecule has 0 amide bonds. The maximum Gasteiger partial charge on any atom is 0.109 e. The van der Waals surface area contributed by atoms with E-state index in [-0.39, 0.29) is 0 Å². The molecule has 0 aliphatic heterocycles. The lowest BCUT2D eigenvalue weighted by atomic mass is 10.2. The fraction of sp³-hybridized carbons (Fsp3) is 0.750. The maximum absolute atomic E-state index is 4.36. The standard InChI is InChI=1S/C12H22N2S/c1-3-5-6-7-8-13-11(4-2)12-14-9-10-15-12/h9-11,13H,3-8H2,1-2H3. The van der Waals surface area contributed by atoms with Gasteiger partial charge in [0.1, 0.15) is 5.01 Å².